The average Bonchev–Trinajstić information content (AvgIpc) is 3.31. The number of benzene rings is 2. The largest absolute Gasteiger partial charge is 0.506 e. The zero-order chi connectivity index (χ0) is 16.7. The van der Waals surface area contributed by atoms with Gasteiger partial charge >= 0.3 is 6.18 Å². The van der Waals surface area contributed by atoms with Gasteiger partial charge in [-0.2, -0.15) is 13.2 Å². The van der Waals surface area contributed by atoms with Gasteiger partial charge < -0.3 is 10.4 Å². The molecule has 0 spiro atoms. The van der Waals surface area contributed by atoms with Crippen molar-refractivity contribution >= 4 is 11.6 Å². The summed E-state index contributed by atoms with van der Waals surface area (Å²) < 4.78 is 38.5. The number of hydrogen-bond acceptors (Lipinski definition) is 2. The van der Waals surface area contributed by atoms with E-state index in [0.29, 0.717) is 18.4 Å². The van der Waals surface area contributed by atoms with Crippen molar-refractivity contribution < 1.29 is 23.1 Å². The van der Waals surface area contributed by atoms with E-state index in [9.17, 15) is 23.1 Å². The Labute approximate surface area is 130 Å². The van der Waals surface area contributed by atoms with Gasteiger partial charge in [0.2, 0.25) is 5.91 Å². The third kappa shape index (κ3) is 2.88. The maximum Gasteiger partial charge on any atom is 0.416 e. The van der Waals surface area contributed by atoms with Crippen LogP contribution < -0.4 is 5.32 Å². The van der Waals surface area contributed by atoms with Crippen LogP contribution in [-0.2, 0) is 16.4 Å². The molecule has 0 aromatic heterocycles. The highest BCUT2D eigenvalue weighted by molar-refractivity contribution is 6.02. The number of nitrogens with one attached hydrogen (secondary N) is 1. The normalized spacial score (nSPS) is 16.0. The van der Waals surface area contributed by atoms with Crippen LogP contribution >= 0.6 is 0 Å². The van der Waals surface area contributed by atoms with Gasteiger partial charge in [0.15, 0.2) is 0 Å². The van der Waals surface area contributed by atoms with Crippen molar-refractivity contribution in [3.05, 3.63) is 59.7 Å². The molecule has 1 aliphatic rings. The molecule has 1 aliphatic carbocycles. The highest BCUT2D eigenvalue weighted by Crippen LogP contribution is 2.50. The lowest BCUT2D eigenvalue weighted by atomic mass is 9.93. The summed E-state index contributed by atoms with van der Waals surface area (Å²) in [5.74, 6) is -0.487. The fourth-order valence-electron chi connectivity index (χ4n) is 2.59. The summed E-state index contributed by atoms with van der Waals surface area (Å²) in [6, 6.07) is 11.1. The molecule has 0 bridgehead atoms. The van der Waals surface area contributed by atoms with E-state index in [1.165, 1.54) is 24.3 Å². The topological polar surface area (TPSA) is 49.3 Å². The van der Waals surface area contributed by atoms with Crippen molar-refractivity contribution in [2.24, 2.45) is 0 Å². The highest BCUT2D eigenvalue weighted by Gasteiger charge is 2.52. The molecule has 2 aromatic carbocycles. The molecule has 0 heterocycles. The molecule has 2 aromatic rings. The van der Waals surface area contributed by atoms with E-state index in [2.05, 4.69) is 5.32 Å². The quantitative estimate of drug-likeness (QED) is 0.837. The van der Waals surface area contributed by atoms with Crippen LogP contribution in [0.15, 0.2) is 48.5 Å². The molecule has 1 saturated carbocycles. The molecular formula is C17H14F3NO2. The number of phenols is 1. The first-order valence-electron chi connectivity index (χ1n) is 7.10. The Morgan fingerprint density at radius 3 is 2.39 bits per heavy atom. The number of aromatic hydroxyl groups is 1. The van der Waals surface area contributed by atoms with Crippen molar-refractivity contribution in [3.8, 4) is 5.75 Å². The maximum atomic E-state index is 12.8. The van der Waals surface area contributed by atoms with Gasteiger partial charge in [0.1, 0.15) is 5.75 Å². The van der Waals surface area contributed by atoms with E-state index in [4.69, 9.17) is 0 Å². The number of amides is 1. The molecule has 6 heteroatoms. The molecule has 3 rings (SSSR count). The van der Waals surface area contributed by atoms with Gasteiger partial charge in [0, 0.05) is 0 Å². The number of alkyl halides is 3. The second-order valence-corrected chi connectivity index (χ2v) is 5.63. The molecule has 1 amide bonds. The number of hydrogen-bond donors (Lipinski definition) is 2. The molecule has 120 valence electrons. The highest BCUT2D eigenvalue weighted by atomic mass is 19.4. The van der Waals surface area contributed by atoms with Gasteiger partial charge in [0.25, 0.3) is 0 Å². The number of carbonyl (C=O) groups excluding carboxylic acids is 1. The minimum Gasteiger partial charge on any atom is -0.506 e. The minimum atomic E-state index is -4.44. The van der Waals surface area contributed by atoms with E-state index < -0.39 is 23.1 Å². The molecule has 0 aliphatic heterocycles. The number of halogens is 3. The third-order valence-electron chi connectivity index (χ3n) is 4.08. The zero-order valence-corrected chi connectivity index (χ0v) is 12.0. The number of anilines is 1. The smallest absolute Gasteiger partial charge is 0.416 e. The molecule has 0 radical (unpaired) electrons. The minimum absolute atomic E-state index is 0.0827. The van der Waals surface area contributed by atoms with Crippen LogP contribution in [0.4, 0.5) is 18.9 Å². The molecular weight excluding hydrogens is 307 g/mol. The monoisotopic (exact) mass is 321 g/mol. The Balaban J connectivity index is 1.88. The van der Waals surface area contributed by atoms with Crippen LogP contribution in [0, 0.1) is 0 Å². The van der Waals surface area contributed by atoms with E-state index >= 15 is 0 Å². The average molecular weight is 321 g/mol. The molecule has 3 nitrogen and oxygen atoms in total. The Bertz CT molecular complexity index is 751. The van der Waals surface area contributed by atoms with Gasteiger partial charge in [-0.15, -0.1) is 0 Å². The first-order chi connectivity index (χ1) is 10.8. The summed E-state index contributed by atoms with van der Waals surface area (Å²) in [7, 11) is 0. The van der Waals surface area contributed by atoms with Crippen molar-refractivity contribution in [1.29, 1.82) is 0 Å². The SMILES string of the molecule is O=C(Nc1ccccc1O)C1(c2cccc(C(F)(F)F)c2)CC1. The van der Waals surface area contributed by atoms with Crippen LogP contribution in [0.1, 0.15) is 24.0 Å². The first kappa shape index (κ1) is 15.4. The zero-order valence-electron chi connectivity index (χ0n) is 12.0. The van der Waals surface area contributed by atoms with E-state index in [1.54, 1.807) is 12.1 Å². The Kier molecular flexibility index (Phi) is 3.55. The van der Waals surface area contributed by atoms with E-state index in [1.807, 2.05) is 0 Å². The van der Waals surface area contributed by atoms with Gasteiger partial charge in [0.05, 0.1) is 16.7 Å². The summed E-state index contributed by atoms with van der Waals surface area (Å²) in [6.45, 7) is 0. The molecule has 23 heavy (non-hydrogen) atoms. The second-order valence-electron chi connectivity index (χ2n) is 5.63. The summed E-state index contributed by atoms with van der Waals surface area (Å²) in [5, 5.41) is 12.3. The summed E-state index contributed by atoms with van der Waals surface area (Å²) in [4.78, 5) is 12.5. The van der Waals surface area contributed by atoms with Crippen molar-refractivity contribution in [2.45, 2.75) is 24.4 Å². The van der Waals surface area contributed by atoms with Crippen LogP contribution in [0.5, 0.6) is 5.75 Å². The Morgan fingerprint density at radius 1 is 1.09 bits per heavy atom. The fourth-order valence-corrected chi connectivity index (χ4v) is 2.59. The summed E-state index contributed by atoms with van der Waals surface area (Å²) in [6.07, 6.45) is -3.48. The predicted octanol–water partition coefficient (Wildman–Crippen LogP) is 4.08. The van der Waals surface area contributed by atoms with Gasteiger partial charge in [-0.05, 0) is 36.6 Å². The Hall–Kier alpha value is -2.50. The van der Waals surface area contributed by atoms with Crippen LogP contribution in [0.3, 0.4) is 0 Å². The third-order valence-corrected chi connectivity index (χ3v) is 4.08. The van der Waals surface area contributed by atoms with Crippen LogP contribution in [0.2, 0.25) is 0 Å². The fraction of sp³-hybridized carbons (Fsp3) is 0.235. The van der Waals surface area contributed by atoms with Crippen molar-refractivity contribution in [2.75, 3.05) is 5.32 Å². The van der Waals surface area contributed by atoms with Gasteiger partial charge in [-0.3, -0.25) is 4.79 Å². The molecule has 1 fully saturated rings. The van der Waals surface area contributed by atoms with Gasteiger partial charge in [-0.1, -0.05) is 30.3 Å². The van der Waals surface area contributed by atoms with Crippen molar-refractivity contribution in [1.82, 2.24) is 0 Å². The van der Waals surface area contributed by atoms with E-state index in [-0.39, 0.29) is 11.4 Å². The number of rotatable bonds is 3. The molecule has 2 N–H and O–H groups in total. The first-order valence-corrected chi connectivity index (χ1v) is 7.10. The second kappa shape index (κ2) is 5.30. The lowest BCUT2D eigenvalue weighted by Crippen LogP contribution is -2.28. The Morgan fingerprint density at radius 2 is 1.78 bits per heavy atom. The van der Waals surface area contributed by atoms with E-state index in [0.717, 1.165) is 12.1 Å². The van der Waals surface area contributed by atoms with Gasteiger partial charge in [-0.25, -0.2) is 0 Å². The lowest BCUT2D eigenvalue weighted by Gasteiger charge is -2.18. The van der Waals surface area contributed by atoms with Crippen LogP contribution in [-0.4, -0.2) is 11.0 Å². The summed E-state index contributed by atoms with van der Waals surface area (Å²) >= 11 is 0. The van der Waals surface area contributed by atoms with Crippen LogP contribution in [0.25, 0.3) is 0 Å². The standard InChI is InChI=1S/C17H14F3NO2/c18-17(19,20)12-5-3-4-11(10-12)16(8-9-16)15(23)21-13-6-1-2-7-14(13)22/h1-7,10,22H,8-9H2,(H,21,23). The number of para-hydroxylation sites is 2. The molecule has 0 unspecified atom stereocenters. The number of phenolic OH excluding ortho intramolecular Hbond substituents is 1. The lowest BCUT2D eigenvalue weighted by molar-refractivity contribution is -0.137. The predicted molar refractivity (Wildman–Crippen MR) is 79.1 cm³/mol. The molecule has 0 saturated heterocycles. The number of carbonyl (C=O) groups is 1. The summed E-state index contributed by atoms with van der Waals surface area (Å²) in [5.41, 5.74) is -1.13. The van der Waals surface area contributed by atoms with Crippen molar-refractivity contribution in [3.63, 3.8) is 0 Å². The maximum absolute atomic E-state index is 12.8. The molecule has 0 atom stereocenters.